The van der Waals surface area contributed by atoms with Gasteiger partial charge in [0.1, 0.15) is 12.1 Å². The van der Waals surface area contributed by atoms with Crippen LogP contribution >= 0.6 is 23.4 Å². The van der Waals surface area contributed by atoms with Gasteiger partial charge in [-0.25, -0.2) is 4.98 Å². The molecule has 0 radical (unpaired) electrons. The maximum Gasteiger partial charge on any atom is 0.238 e. The molecule has 0 saturated heterocycles. The molecule has 122 valence electrons. The van der Waals surface area contributed by atoms with Crippen molar-refractivity contribution < 1.29 is 4.79 Å². The lowest BCUT2D eigenvalue weighted by Gasteiger charge is -2.12. The van der Waals surface area contributed by atoms with Gasteiger partial charge in [-0.15, -0.1) is 10.2 Å². The number of anilines is 1. The second kappa shape index (κ2) is 7.46. The second-order valence-corrected chi connectivity index (χ2v) is 6.67. The Hall–Kier alpha value is -2.38. The first-order valence-electron chi connectivity index (χ1n) is 7.18. The average molecular weight is 360 g/mol. The molecule has 0 aliphatic heterocycles. The van der Waals surface area contributed by atoms with Crippen molar-refractivity contribution in [1.82, 2.24) is 19.7 Å². The van der Waals surface area contributed by atoms with E-state index in [-0.39, 0.29) is 11.2 Å². The minimum Gasteiger partial charge on any atom is -0.310 e. The fourth-order valence-electron chi connectivity index (χ4n) is 1.96. The summed E-state index contributed by atoms with van der Waals surface area (Å²) >= 11 is 7.11. The highest BCUT2D eigenvalue weighted by Gasteiger charge is 2.18. The minimum absolute atomic E-state index is 0.169. The number of amides is 1. The van der Waals surface area contributed by atoms with Crippen LogP contribution in [0.3, 0.4) is 0 Å². The number of hydrogen-bond acceptors (Lipinski definition) is 5. The number of carbonyl (C=O) groups excluding carboxylic acids is 1. The second-order valence-electron chi connectivity index (χ2n) is 4.93. The molecule has 0 saturated carbocycles. The highest BCUT2D eigenvalue weighted by atomic mass is 35.5. The Kier molecular flexibility index (Phi) is 5.12. The van der Waals surface area contributed by atoms with Crippen LogP contribution < -0.4 is 5.32 Å². The molecule has 3 aromatic rings. The monoisotopic (exact) mass is 359 g/mol. The number of carbonyl (C=O) groups is 1. The third-order valence-corrected chi connectivity index (χ3v) is 4.46. The predicted molar refractivity (Wildman–Crippen MR) is 94.6 cm³/mol. The van der Waals surface area contributed by atoms with E-state index in [9.17, 15) is 4.79 Å². The maximum atomic E-state index is 12.3. The van der Waals surface area contributed by atoms with Crippen molar-refractivity contribution in [3.63, 3.8) is 0 Å². The molecule has 1 atom stereocenters. The van der Waals surface area contributed by atoms with Crippen molar-refractivity contribution >= 4 is 35.1 Å². The highest BCUT2D eigenvalue weighted by Crippen LogP contribution is 2.24. The summed E-state index contributed by atoms with van der Waals surface area (Å²) in [6.07, 6.45) is 3.12. The largest absolute Gasteiger partial charge is 0.310 e. The smallest absolute Gasteiger partial charge is 0.238 e. The zero-order valence-corrected chi connectivity index (χ0v) is 14.3. The molecule has 1 N–H and O–H groups in total. The Morgan fingerprint density at radius 1 is 1.25 bits per heavy atom. The SMILES string of the molecule is CC(Sc1nncn1-c1ccccc1)C(=O)Nc1ccc(Cl)cn1. The van der Waals surface area contributed by atoms with Crippen LogP contribution in [0.25, 0.3) is 5.69 Å². The number of hydrogen-bond donors (Lipinski definition) is 1. The molecule has 1 aromatic carbocycles. The van der Waals surface area contributed by atoms with E-state index < -0.39 is 0 Å². The number of para-hydroxylation sites is 1. The fourth-order valence-corrected chi connectivity index (χ4v) is 2.91. The molecule has 1 amide bonds. The van der Waals surface area contributed by atoms with Crippen LogP contribution in [0.5, 0.6) is 0 Å². The highest BCUT2D eigenvalue weighted by molar-refractivity contribution is 8.00. The molecular weight excluding hydrogens is 346 g/mol. The van der Waals surface area contributed by atoms with Crippen molar-refractivity contribution in [2.75, 3.05) is 5.32 Å². The van der Waals surface area contributed by atoms with Crippen LogP contribution in [-0.4, -0.2) is 30.9 Å². The fraction of sp³-hybridized carbons (Fsp3) is 0.125. The van der Waals surface area contributed by atoms with Crippen molar-refractivity contribution in [1.29, 1.82) is 0 Å². The number of aromatic nitrogens is 4. The summed E-state index contributed by atoms with van der Waals surface area (Å²) in [7, 11) is 0. The van der Waals surface area contributed by atoms with Gasteiger partial charge in [-0.2, -0.15) is 0 Å². The zero-order valence-electron chi connectivity index (χ0n) is 12.8. The predicted octanol–water partition coefficient (Wildman–Crippen LogP) is 3.44. The summed E-state index contributed by atoms with van der Waals surface area (Å²) in [5.74, 6) is 0.291. The summed E-state index contributed by atoms with van der Waals surface area (Å²) in [5, 5.41) is 11.6. The van der Waals surface area contributed by atoms with Crippen molar-refractivity contribution in [3.8, 4) is 5.69 Å². The van der Waals surface area contributed by atoms with E-state index in [0.717, 1.165) is 5.69 Å². The van der Waals surface area contributed by atoms with Gasteiger partial charge < -0.3 is 5.32 Å². The summed E-state index contributed by atoms with van der Waals surface area (Å²) < 4.78 is 1.84. The van der Waals surface area contributed by atoms with E-state index >= 15 is 0 Å². The van der Waals surface area contributed by atoms with Crippen LogP contribution in [0, 0.1) is 0 Å². The topological polar surface area (TPSA) is 72.7 Å². The van der Waals surface area contributed by atoms with Crippen molar-refractivity contribution in [2.24, 2.45) is 0 Å². The molecule has 24 heavy (non-hydrogen) atoms. The van der Waals surface area contributed by atoms with Gasteiger partial charge in [0.05, 0.1) is 10.3 Å². The number of halogens is 1. The first-order chi connectivity index (χ1) is 11.6. The number of rotatable bonds is 5. The average Bonchev–Trinajstić information content (AvgIpc) is 3.05. The van der Waals surface area contributed by atoms with Crippen LogP contribution in [0.2, 0.25) is 5.02 Å². The van der Waals surface area contributed by atoms with Gasteiger partial charge in [-0.1, -0.05) is 41.6 Å². The van der Waals surface area contributed by atoms with Crippen molar-refractivity contribution in [3.05, 3.63) is 60.0 Å². The molecule has 3 rings (SSSR count). The lowest BCUT2D eigenvalue weighted by Crippen LogP contribution is -2.23. The van der Waals surface area contributed by atoms with Crippen LogP contribution in [0.4, 0.5) is 5.82 Å². The quantitative estimate of drug-likeness (QED) is 0.706. The van der Waals surface area contributed by atoms with E-state index in [0.29, 0.717) is 16.0 Å². The Bertz CT molecular complexity index is 822. The third kappa shape index (κ3) is 3.93. The maximum absolute atomic E-state index is 12.3. The first kappa shape index (κ1) is 16.5. The number of thioether (sulfide) groups is 1. The molecule has 2 heterocycles. The van der Waals surface area contributed by atoms with Gasteiger partial charge in [0, 0.05) is 11.9 Å². The molecule has 0 aliphatic carbocycles. The Balaban J connectivity index is 1.69. The molecule has 0 aliphatic rings. The molecule has 6 nitrogen and oxygen atoms in total. The van der Waals surface area contributed by atoms with Gasteiger partial charge in [0.15, 0.2) is 5.16 Å². The minimum atomic E-state index is -0.367. The van der Waals surface area contributed by atoms with Crippen LogP contribution in [0.15, 0.2) is 60.1 Å². The van der Waals surface area contributed by atoms with Gasteiger partial charge in [0.25, 0.3) is 0 Å². The van der Waals surface area contributed by atoms with Crippen LogP contribution in [-0.2, 0) is 4.79 Å². The number of nitrogens with one attached hydrogen (secondary N) is 1. The molecule has 0 fully saturated rings. The number of benzene rings is 1. The van der Waals surface area contributed by atoms with E-state index in [4.69, 9.17) is 11.6 Å². The summed E-state index contributed by atoms with van der Waals surface area (Å²) in [4.78, 5) is 16.4. The molecule has 0 spiro atoms. The molecule has 8 heteroatoms. The number of pyridine rings is 1. The third-order valence-electron chi connectivity index (χ3n) is 3.18. The van der Waals surface area contributed by atoms with Gasteiger partial charge in [-0.05, 0) is 31.2 Å². The van der Waals surface area contributed by atoms with Gasteiger partial charge >= 0.3 is 0 Å². The summed E-state index contributed by atoms with van der Waals surface area (Å²) in [5.41, 5.74) is 0.942. The van der Waals surface area contributed by atoms with Gasteiger partial charge in [0.2, 0.25) is 5.91 Å². The normalized spacial score (nSPS) is 11.9. The molecule has 1 unspecified atom stereocenters. The lowest BCUT2D eigenvalue weighted by atomic mass is 10.3. The summed E-state index contributed by atoms with van der Waals surface area (Å²) in [6.45, 7) is 1.81. The molecule has 2 aromatic heterocycles. The van der Waals surface area contributed by atoms with Crippen molar-refractivity contribution in [2.45, 2.75) is 17.3 Å². The Labute approximate surface area is 148 Å². The molecular formula is C16H14ClN5OS. The standard InChI is InChI=1S/C16H14ClN5OS/c1-11(15(23)20-14-8-7-12(17)9-18-14)24-16-21-19-10-22(16)13-5-3-2-4-6-13/h2-11H,1H3,(H,18,20,23). The first-order valence-corrected chi connectivity index (χ1v) is 8.44. The van der Waals surface area contributed by atoms with E-state index in [2.05, 4.69) is 20.5 Å². The van der Waals surface area contributed by atoms with E-state index in [1.54, 1.807) is 25.4 Å². The van der Waals surface area contributed by atoms with Crippen LogP contribution in [0.1, 0.15) is 6.92 Å². The Morgan fingerprint density at radius 2 is 2.04 bits per heavy atom. The number of nitrogens with zero attached hydrogens (tertiary/aromatic N) is 4. The zero-order chi connectivity index (χ0) is 16.9. The Morgan fingerprint density at radius 3 is 2.75 bits per heavy atom. The summed E-state index contributed by atoms with van der Waals surface area (Å²) in [6, 6.07) is 13.1. The lowest BCUT2D eigenvalue weighted by molar-refractivity contribution is -0.115. The van der Waals surface area contributed by atoms with E-state index in [1.165, 1.54) is 18.0 Å². The molecule has 0 bridgehead atoms. The van der Waals surface area contributed by atoms with E-state index in [1.807, 2.05) is 34.9 Å². The van der Waals surface area contributed by atoms with Gasteiger partial charge in [-0.3, -0.25) is 9.36 Å².